The van der Waals surface area contributed by atoms with Crippen LogP contribution in [0.4, 0.5) is 0 Å². The second-order valence-electron chi connectivity index (χ2n) is 5.56. The summed E-state index contributed by atoms with van der Waals surface area (Å²) in [6.45, 7) is 3.96. The van der Waals surface area contributed by atoms with Crippen LogP contribution >= 0.6 is 8.58 Å². The molecule has 2 rings (SSSR count). The molecular formula is C14H21O6P. The van der Waals surface area contributed by atoms with Crippen molar-refractivity contribution in [3.8, 4) is 12.1 Å². The predicted octanol–water partition coefficient (Wildman–Crippen LogP) is 0.936. The molecule has 21 heavy (non-hydrogen) atoms. The highest BCUT2D eigenvalue weighted by Crippen LogP contribution is 2.40. The van der Waals surface area contributed by atoms with E-state index in [1.54, 1.807) is 21.0 Å². The SMILES string of the molecule is C#CPC(=O)C(C)(C)C1OC2C(OC)COC2OC1OC. The third-order valence-electron chi connectivity index (χ3n) is 3.90. The number of carbonyl (C=O) groups excluding carboxylic acids is 1. The fourth-order valence-electron chi connectivity index (χ4n) is 2.51. The molecule has 0 spiro atoms. The molecule has 2 aliphatic heterocycles. The van der Waals surface area contributed by atoms with Crippen molar-refractivity contribution in [3.63, 3.8) is 0 Å². The summed E-state index contributed by atoms with van der Waals surface area (Å²) < 4.78 is 28.0. The number of methoxy groups -OCH3 is 2. The molecule has 0 radical (unpaired) electrons. The Morgan fingerprint density at radius 3 is 2.62 bits per heavy atom. The Balaban J connectivity index is 2.20. The Morgan fingerprint density at radius 1 is 1.33 bits per heavy atom. The van der Waals surface area contributed by atoms with E-state index < -0.39 is 24.1 Å². The summed E-state index contributed by atoms with van der Waals surface area (Å²) in [5.74, 6) is 0. The lowest BCUT2D eigenvalue weighted by molar-refractivity contribution is -0.346. The van der Waals surface area contributed by atoms with Crippen molar-refractivity contribution in [3.05, 3.63) is 0 Å². The van der Waals surface area contributed by atoms with E-state index in [0.29, 0.717) is 6.61 Å². The summed E-state index contributed by atoms with van der Waals surface area (Å²) in [4.78, 5) is 12.3. The molecule has 0 N–H and O–H groups in total. The van der Waals surface area contributed by atoms with Gasteiger partial charge in [-0.3, -0.25) is 4.79 Å². The van der Waals surface area contributed by atoms with Crippen LogP contribution in [0.5, 0.6) is 0 Å². The average Bonchev–Trinajstić information content (AvgIpc) is 2.88. The van der Waals surface area contributed by atoms with Crippen molar-refractivity contribution in [2.45, 2.75) is 44.7 Å². The van der Waals surface area contributed by atoms with E-state index in [0.717, 1.165) is 0 Å². The van der Waals surface area contributed by atoms with Crippen molar-refractivity contribution in [1.82, 2.24) is 0 Å². The molecule has 2 saturated heterocycles. The smallest absolute Gasteiger partial charge is 0.189 e. The van der Waals surface area contributed by atoms with Gasteiger partial charge in [0, 0.05) is 22.8 Å². The van der Waals surface area contributed by atoms with E-state index in [1.165, 1.54) is 7.11 Å². The minimum Gasteiger partial charge on any atom is -0.376 e. The first kappa shape index (κ1) is 16.8. The van der Waals surface area contributed by atoms with Gasteiger partial charge in [-0.2, -0.15) is 0 Å². The second-order valence-corrected chi connectivity index (χ2v) is 6.55. The van der Waals surface area contributed by atoms with Crippen LogP contribution in [0.25, 0.3) is 0 Å². The van der Waals surface area contributed by atoms with Gasteiger partial charge in [0.05, 0.1) is 12.0 Å². The number of ether oxygens (including phenoxy) is 5. The molecule has 2 heterocycles. The highest BCUT2D eigenvalue weighted by molar-refractivity contribution is 7.62. The van der Waals surface area contributed by atoms with E-state index in [-0.39, 0.29) is 26.3 Å². The molecule has 2 fully saturated rings. The van der Waals surface area contributed by atoms with Crippen LogP contribution in [0.1, 0.15) is 13.8 Å². The monoisotopic (exact) mass is 316 g/mol. The molecule has 118 valence electrons. The number of terminal acetylenes is 1. The van der Waals surface area contributed by atoms with Crippen molar-refractivity contribution in [2.75, 3.05) is 20.8 Å². The topological polar surface area (TPSA) is 63.2 Å². The molecule has 6 unspecified atom stereocenters. The number of rotatable bonds is 5. The number of hydrogen-bond acceptors (Lipinski definition) is 6. The van der Waals surface area contributed by atoms with Gasteiger partial charge in [0.2, 0.25) is 0 Å². The Bertz CT molecular complexity index is 432. The maximum Gasteiger partial charge on any atom is 0.189 e. The van der Waals surface area contributed by atoms with Crippen LogP contribution in [0.15, 0.2) is 0 Å². The van der Waals surface area contributed by atoms with Crippen molar-refractivity contribution >= 4 is 14.1 Å². The van der Waals surface area contributed by atoms with E-state index in [1.807, 2.05) is 0 Å². The van der Waals surface area contributed by atoms with Gasteiger partial charge >= 0.3 is 0 Å². The van der Waals surface area contributed by atoms with Crippen LogP contribution in [0.3, 0.4) is 0 Å². The normalized spacial score (nSPS) is 36.6. The van der Waals surface area contributed by atoms with Crippen LogP contribution in [0, 0.1) is 17.5 Å². The Labute approximate surface area is 126 Å². The van der Waals surface area contributed by atoms with Gasteiger partial charge in [0.25, 0.3) is 0 Å². The maximum absolute atomic E-state index is 12.3. The van der Waals surface area contributed by atoms with Crippen LogP contribution < -0.4 is 0 Å². The van der Waals surface area contributed by atoms with Gasteiger partial charge in [-0.15, -0.1) is 6.42 Å². The minimum absolute atomic E-state index is 0.0630. The lowest BCUT2D eigenvalue weighted by atomic mass is 9.86. The molecule has 2 aliphatic rings. The molecule has 0 aliphatic carbocycles. The van der Waals surface area contributed by atoms with Gasteiger partial charge < -0.3 is 23.7 Å². The summed E-state index contributed by atoms with van der Waals surface area (Å²) in [5.41, 5.74) is 1.52. The van der Waals surface area contributed by atoms with Crippen molar-refractivity contribution < 1.29 is 28.5 Å². The first-order valence-electron chi connectivity index (χ1n) is 6.69. The van der Waals surface area contributed by atoms with Gasteiger partial charge in [0.1, 0.15) is 18.3 Å². The lowest BCUT2D eigenvalue weighted by Crippen LogP contribution is -2.57. The van der Waals surface area contributed by atoms with Gasteiger partial charge in [0.15, 0.2) is 18.1 Å². The lowest BCUT2D eigenvalue weighted by Gasteiger charge is -2.44. The highest BCUT2D eigenvalue weighted by atomic mass is 31.1. The quantitative estimate of drug-likeness (QED) is 0.555. The van der Waals surface area contributed by atoms with Crippen LogP contribution in [0.2, 0.25) is 0 Å². The average molecular weight is 316 g/mol. The van der Waals surface area contributed by atoms with Crippen LogP contribution in [-0.2, 0) is 28.5 Å². The number of carbonyl (C=O) groups is 1. The van der Waals surface area contributed by atoms with Gasteiger partial charge in [-0.25, -0.2) is 0 Å². The molecule has 0 aromatic rings. The van der Waals surface area contributed by atoms with Gasteiger partial charge in [-0.1, -0.05) is 5.66 Å². The highest BCUT2D eigenvalue weighted by Gasteiger charge is 2.53. The Hall–Kier alpha value is -0.540. The Kier molecular flexibility index (Phi) is 5.37. The first-order chi connectivity index (χ1) is 9.95. The van der Waals surface area contributed by atoms with E-state index in [9.17, 15) is 4.79 Å². The summed E-state index contributed by atoms with van der Waals surface area (Å²) in [5, 5.41) is 0. The first-order valence-corrected chi connectivity index (χ1v) is 7.69. The molecule has 6 nitrogen and oxygen atoms in total. The zero-order chi connectivity index (χ0) is 15.6. The Morgan fingerprint density at radius 2 is 2.05 bits per heavy atom. The molecular weight excluding hydrogens is 295 g/mol. The zero-order valence-electron chi connectivity index (χ0n) is 12.6. The summed E-state index contributed by atoms with van der Waals surface area (Å²) in [6, 6.07) is 0. The summed E-state index contributed by atoms with van der Waals surface area (Å²) >= 11 is 0. The maximum atomic E-state index is 12.3. The minimum atomic E-state index is -0.822. The molecule has 0 aromatic carbocycles. The third-order valence-corrected chi connectivity index (χ3v) is 4.91. The van der Waals surface area contributed by atoms with E-state index in [2.05, 4.69) is 5.66 Å². The van der Waals surface area contributed by atoms with E-state index in [4.69, 9.17) is 30.1 Å². The fourth-order valence-corrected chi connectivity index (χ4v) is 3.10. The summed E-state index contributed by atoms with van der Waals surface area (Å²) in [6.07, 6.45) is 2.83. The zero-order valence-corrected chi connectivity index (χ0v) is 13.6. The van der Waals surface area contributed by atoms with E-state index >= 15 is 0 Å². The molecule has 7 heteroatoms. The predicted molar refractivity (Wildman–Crippen MR) is 77.0 cm³/mol. The largest absolute Gasteiger partial charge is 0.376 e. The molecule has 0 bridgehead atoms. The van der Waals surface area contributed by atoms with Gasteiger partial charge in [-0.05, 0) is 13.8 Å². The molecule has 0 amide bonds. The van der Waals surface area contributed by atoms with Crippen molar-refractivity contribution in [2.24, 2.45) is 5.41 Å². The standard InChI is InChI=1S/C14H21O6P/c1-6-21-13(15)14(2,3)10-12(17-5)20-11-9(19-10)8(16-4)7-18-11/h1,8-12,21H,7H2,2-5H3. The summed E-state index contributed by atoms with van der Waals surface area (Å²) in [7, 11) is 2.89. The number of hydrogen-bond donors (Lipinski definition) is 0. The number of fused-ring (bicyclic) bond motifs is 1. The molecule has 0 saturated carbocycles. The van der Waals surface area contributed by atoms with Crippen LogP contribution in [-0.4, -0.2) is 57.2 Å². The molecule has 6 atom stereocenters. The molecule has 0 aromatic heterocycles. The third kappa shape index (κ3) is 3.14. The fraction of sp³-hybridized carbons (Fsp3) is 0.786. The van der Waals surface area contributed by atoms with Crippen molar-refractivity contribution in [1.29, 1.82) is 0 Å². The second kappa shape index (κ2) is 6.70.